The van der Waals surface area contributed by atoms with Gasteiger partial charge in [-0.1, -0.05) is 55.9 Å². The van der Waals surface area contributed by atoms with E-state index in [0.717, 1.165) is 17.3 Å². The van der Waals surface area contributed by atoms with Crippen LogP contribution in [0.3, 0.4) is 0 Å². The van der Waals surface area contributed by atoms with Crippen LogP contribution in [0.15, 0.2) is 36.7 Å². The van der Waals surface area contributed by atoms with E-state index in [2.05, 4.69) is 20.0 Å². The Balaban J connectivity index is 1.41. The van der Waals surface area contributed by atoms with Gasteiger partial charge in [0.25, 0.3) is 0 Å². The van der Waals surface area contributed by atoms with Crippen molar-refractivity contribution in [2.75, 3.05) is 37.9 Å². The van der Waals surface area contributed by atoms with E-state index in [0.29, 0.717) is 12.1 Å². The molecule has 0 aliphatic carbocycles. The third-order valence-corrected chi connectivity index (χ3v) is 11.2. The van der Waals surface area contributed by atoms with Gasteiger partial charge >= 0.3 is 13.7 Å². The van der Waals surface area contributed by atoms with Crippen LogP contribution in [0.5, 0.6) is 5.88 Å². The fourth-order valence-electron chi connectivity index (χ4n) is 4.92. The quantitative estimate of drug-likeness (QED) is 0.0624. The van der Waals surface area contributed by atoms with Crippen molar-refractivity contribution >= 4 is 59.3 Å². The Morgan fingerprint density at radius 2 is 1.94 bits per heavy atom. The molecule has 0 unspecified atom stereocenters. The van der Waals surface area contributed by atoms with E-state index < -0.39 is 48.5 Å². The lowest BCUT2D eigenvalue weighted by Gasteiger charge is -2.26. The third-order valence-electron chi connectivity index (χ3n) is 8.08. The van der Waals surface area contributed by atoms with Crippen LogP contribution in [-0.4, -0.2) is 91.0 Å². The van der Waals surface area contributed by atoms with E-state index in [-0.39, 0.29) is 60.6 Å². The molecule has 0 radical (unpaired) electrons. The first-order valence-electron chi connectivity index (χ1n) is 16.4. The molecule has 3 heterocycles. The van der Waals surface area contributed by atoms with Crippen molar-refractivity contribution < 1.29 is 42.5 Å². The molecule has 0 amide bonds. The maximum atomic E-state index is 14.0. The highest BCUT2D eigenvalue weighted by molar-refractivity contribution is 8.13. The topological polar surface area (TPSA) is 225 Å². The summed E-state index contributed by atoms with van der Waals surface area (Å²) >= 11 is 7.81. The summed E-state index contributed by atoms with van der Waals surface area (Å²) < 4.78 is 44.1. The first-order valence-corrected chi connectivity index (χ1v) is 19.3. The monoisotopic (exact) mass is 771 g/mol. The second-order valence-corrected chi connectivity index (χ2v) is 16.8. The van der Waals surface area contributed by atoms with Gasteiger partial charge in [0.1, 0.15) is 29.7 Å². The minimum absolute atomic E-state index is 0.0526. The van der Waals surface area contributed by atoms with E-state index in [1.165, 1.54) is 10.9 Å². The number of ether oxygens (including phenoxy) is 3. The average Bonchev–Trinajstić information content (AvgIpc) is 3.60. The third kappa shape index (κ3) is 10.2. The van der Waals surface area contributed by atoms with Crippen LogP contribution >= 0.6 is 31.1 Å². The number of alkyl halides is 1. The fraction of sp³-hybridized carbons (Fsp3) is 0.594. The number of aliphatic hydroxyl groups is 1. The first kappa shape index (κ1) is 40.9. The minimum atomic E-state index is -4.06. The second kappa shape index (κ2) is 17.3. The van der Waals surface area contributed by atoms with Gasteiger partial charge in [-0.2, -0.15) is 9.97 Å². The van der Waals surface area contributed by atoms with E-state index in [1.807, 2.05) is 30.3 Å². The smallest absolute Gasteiger partial charge is 0.405 e. The number of nitrogen functional groups attached to an aromatic ring is 1. The summed E-state index contributed by atoms with van der Waals surface area (Å²) in [5.41, 5.74) is 12.2. The van der Waals surface area contributed by atoms with Gasteiger partial charge < -0.3 is 30.8 Å². The van der Waals surface area contributed by atoms with E-state index in [9.17, 15) is 19.3 Å². The lowest BCUT2D eigenvalue weighted by atomic mass is 9.97. The minimum Gasteiger partial charge on any atom is -0.476 e. The number of aromatic nitrogens is 4. The zero-order chi connectivity index (χ0) is 37.6. The molecule has 1 saturated heterocycles. The standard InChI is InChI=1S/C32H47ClN7O9PS/c1-7-45-26-23-25(38-30(35)39-26)40(18-36-23)28-32(6,33)24(41)21(49-28)16-48-50(44,37-15-20-11-9-8-10-12-20)47-13-14-51-29(43)31(4,5)17-46-27(42)22(34)19(2)3/h8-12,18-19,21-22,24,28,41H,7,13-17,34H2,1-6H3,(H,37,44)(H2,35,38,39)/t21-,22+,24-,28-,32-,50+/m1/s1. The molecular formula is C32H47ClN7O9PS. The highest BCUT2D eigenvalue weighted by Gasteiger charge is 2.54. The van der Waals surface area contributed by atoms with Gasteiger partial charge in [-0.3, -0.25) is 23.2 Å². The molecule has 282 valence electrons. The maximum absolute atomic E-state index is 14.0. The molecule has 2 aromatic heterocycles. The van der Waals surface area contributed by atoms with Crippen LogP contribution in [-0.2, 0) is 39.2 Å². The first-order chi connectivity index (χ1) is 24.0. The van der Waals surface area contributed by atoms with Crippen LogP contribution in [0.1, 0.15) is 53.3 Å². The number of hydrogen-bond acceptors (Lipinski definition) is 15. The number of anilines is 1. The number of nitrogens with zero attached hydrogens (tertiary/aromatic N) is 4. The van der Waals surface area contributed by atoms with Crippen molar-refractivity contribution in [1.82, 2.24) is 24.6 Å². The van der Waals surface area contributed by atoms with Gasteiger partial charge in [0, 0.05) is 12.3 Å². The molecule has 1 aromatic carbocycles. The molecule has 3 aromatic rings. The number of aliphatic hydroxyl groups excluding tert-OH is 1. The summed E-state index contributed by atoms with van der Waals surface area (Å²) in [6, 6.07) is 8.41. The van der Waals surface area contributed by atoms with Crippen LogP contribution < -0.4 is 21.3 Å². The molecule has 1 aliphatic heterocycles. The van der Waals surface area contributed by atoms with Crippen LogP contribution in [0.2, 0.25) is 0 Å². The van der Waals surface area contributed by atoms with Crippen molar-refractivity contribution in [3.05, 3.63) is 42.2 Å². The number of hydrogen-bond donors (Lipinski definition) is 4. The van der Waals surface area contributed by atoms with E-state index >= 15 is 0 Å². The second-order valence-electron chi connectivity index (χ2n) is 13.1. The summed E-state index contributed by atoms with van der Waals surface area (Å²) in [5.74, 6) is -0.430. The van der Waals surface area contributed by atoms with Gasteiger partial charge in [0.2, 0.25) is 11.8 Å². The lowest BCUT2D eigenvalue weighted by molar-refractivity contribution is -0.150. The molecular weight excluding hydrogens is 725 g/mol. The number of esters is 1. The van der Waals surface area contributed by atoms with Crippen molar-refractivity contribution in [3.63, 3.8) is 0 Å². The van der Waals surface area contributed by atoms with Crippen molar-refractivity contribution in [2.45, 2.75) is 77.4 Å². The molecule has 6 atom stereocenters. The van der Waals surface area contributed by atoms with Crippen LogP contribution in [0, 0.1) is 11.3 Å². The molecule has 6 N–H and O–H groups in total. The predicted octanol–water partition coefficient (Wildman–Crippen LogP) is 3.81. The van der Waals surface area contributed by atoms with Gasteiger partial charge in [0.05, 0.1) is 31.6 Å². The highest BCUT2D eigenvalue weighted by Crippen LogP contribution is 2.48. The number of nitrogens with one attached hydrogen (secondary N) is 1. The molecule has 1 fully saturated rings. The number of carbonyl (C=O) groups is 2. The Hall–Kier alpha value is -2.86. The van der Waals surface area contributed by atoms with E-state index in [1.54, 1.807) is 41.5 Å². The van der Waals surface area contributed by atoms with Gasteiger partial charge in [0.15, 0.2) is 22.5 Å². The van der Waals surface area contributed by atoms with Crippen molar-refractivity contribution in [2.24, 2.45) is 17.1 Å². The lowest BCUT2D eigenvalue weighted by Crippen LogP contribution is -2.40. The number of rotatable bonds is 18. The average molecular weight is 772 g/mol. The largest absolute Gasteiger partial charge is 0.476 e. The number of nitrogens with two attached hydrogens (primary N) is 2. The van der Waals surface area contributed by atoms with Crippen LogP contribution in [0.4, 0.5) is 5.95 Å². The SMILES string of the molecule is CCOc1nc(N)nc2c1ncn2[C@@H]1O[C@H](CO[P@](=O)(NCc2ccccc2)OCCSC(=O)C(C)(C)COC(=O)[C@@H](N)C(C)C)[C@@H](O)[C@@]1(C)Cl. The van der Waals surface area contributed by atoms with Crippen molar-refractivity contribution in [3.8, 4) is 5.88 Å². The normalized spacial score (nSPS) is 22.6. The number of fused-ring (bicyclic) bond motifs is 1. The molecule has 1 aliphatic rings. The van der Waals surface area contributed by atoms with Gasteiger partial charge in [-0.05, 0) is 39.2 Å². The number of imidazole rings is 1. The molecule has 16 nitrogen and oxygen atoms in total. The highest BCUT2D eigenvalue weighted by atomic mass is 35.5. The molecule has 51 heavy (non-hydrogen) atoms. The van der Waals surface area contributed by atoms with Crippen molar-refractivity contribution in [1.29, 1.82) is 0 Å². The number of thioether (sulfide) groups is 1. The summed E-state index contributed by atoms with van der Waals surface area (Å²) in [5, 5.41) is 13.9. The molecule has 0 saturated carbocycles. The zero-order valence-corrected chi connectivity index (χ0v) is 32.0. The Kier molecular flexibility index (Phi) is 13.9. The van der Waals surface area contributed by atoms with Gasteiger partial charge in [-0.25, -0.2) is 14.6 Å². The number of halogens is 1. The molecule has 4 rings (SSSR count). The molecule has 0 bridgehead atoms. The zero-order valence-electron chi connectivity index (χ0n) is 29.5. The Morgan fingerprint density at radius 1 is 1.24 bits per heavy atom. The maximum Gasteiger partial charge on any atom is 0.405 e. The summed E-state index contributed by atoms with van der Waals surface area (Å²) in [6.07, 6.45) is -1.92. The van der Waals surface area contributed by atoms with Gasteiger partial charge in [-0.15, -0.1) is 11.6 Å². The summed E-state index contributed by atoms with van der Waals surface area (Å²) in [7, 11) is -4.06. The predicted molar refractivity (Wildman–Crippen MR) is 193 cm³/mol. The Labute approximate surface area is 306 Å². The van der Waals surface area contributed by atoms with Crippen LogP contribution in [0.25, 0.3) is 11.2 Å². The summed E-state index contributed by atoms with van der Waals surface area (Å²) in [6.45, 7) is 10.1. The number of benzene rings is 1. The molecule has 0 spiro atoms. The fourth-order valence-corrected chi connectivity index (χ4v) is 7.45. The number of carbonyl (C=O) groups excluding carboxylic acids is 2. The summed E-state index contributed by atoms with van der Waals surface area (Å²) in [4.78, 5) is 36.5. The Bertz CT molecular complexity index is 1700. The molecule has 19 heteroatoms. The Morgan fingerprint density at radius 3 is 2.61 bits per heavy atom. The van der Waals surface area contributed by atoms with E-state index in [4.69, 9.17) is 46.3 Å².